The molecule has 0 spiro atoms. The topological polar surface area (TPSA) is 49.8 Å². The van der Waals surface area contributed by atoms with E-state index in [1.165, 1.54) is 0 Å². The Morgan fingerprint density at radius 1 is 1.04 bits per heavy atom. The first kappa shape index (κ1) is 18.8. The fraction of sp³-hybridized carbons (Fsp3) is 0.368. The van der Waals surface area contributed by atoms with Gasteiger partial charge in [-0.2, -0.15) is 0 Å². The van der Waals surface area contributed by atoms with Crippen LogP contribution in [-0.4, -0.2) is 28.5 Å². The maximum Gasteiger partial charge on any atom is 0.494 e. The largest absolute Gasteiger partial charge is 0.494 e. The van der Waals surface area contributed by atoms with Gasteiger partial charge >= 0.3 is 12.4 Å². The first-order chi connectivity index (χ1) is 12.3. The van der Waals surface area contributed by atoms with Gasteiger partial charge in [0.2, 0.25) is 5.88 Å². The van der Waals surface area contributed by atoms with Crippen molar-refractivity contribution in [2.24, 2.45) is 0 Å². The molecule has 0 amide bonds. The Morgan fingerprint density at radius 3 is 2.27 bits per heavy atom. The molecule has 0 aliphatic carbocycles. The fourth-order valence-electron chi connectivity index (χ4n) is 2.41. The van der Waals surface area contributed by atoms with Gasteiger partial charge in [0.15, 0.2) is 0 Å². The van der Waals surface area contributed by atoms with Crippen LogP contribution in [0.3, 0.4) is 0 Å². The normalized spacial score (nSPS) is 17.8. The van der Waals surface area contributed by atoms with Crippen molar-refractivity contribution >= 4 is 30.0 Å². The minimum Gasteiger partial charge on any atom is -0.452 e. The van der Waals surface area contributed by atoms with E-state index in [0.717, 1.165) is 11.0 Å². The lowest BCUT2D eigenvalue weighted by molar-refractivity contribution is 0.00578. The number of hydrogen-bond acceptors (Lipinski definition) is 6. The van der Waals surface area contributed by atoms with Crippen molar-refractivity contribution in [3.8, 4) is 5.88 Å². The maximum atomic E-state index is 6.05. The van der Waals surface area contributed by atoms with Gasteiger partial charge in [-0.15, -0.1) is 0 Å². The van der Waals surface area contributed by atoms with E-state index in [4.69, 9.17) is 31.0 Å². The first-order valence-electron chi connectivity index (χ1n) is 8.47. The predicted octanol–water partition coefficient (Wildman–Crippen LogP) is 3.26. The SMILES string of the molecule is CC1(C)OB(c2ccc(COC(=S)Oc3ccccn3)cc2)OC1(C)C. The van der Waals surface area contributed by atoms with Crippen LogP contribution in [0, 0.1) is 0 Å². The fourth-order valence-corrected chi connectivity index (χ4v) is 2.56. The standard InChI is InChI=1S/C19H22BNO4S/c1-18(2)19(3,4)25-20(24-18)15-10-8-14(9-11-15)13-22-17(26)23-16-7-5-6-12-21-16/h5-12H,13H2,1-4H3. The molecule has 1 saturated heterocycles. The van der Waals surface area contributed by atoms with Gasteiger partial charge in [-0.1, -0.05) is 30.3 Å². The number of pyridine rings is 1. The molecule has 2 aromatic rings. The highest BCUT2D eigenvalue weighted by atomic mass is 32.1. The van der Waals surface area contributed by atoms with E-state index in [0.29, 0.717) is 12.5 Å². The van der Waals surface area contributed by atoms with Crippen molar-refractivity contribution in [1.29, 1.82) is 0 Å². The van der Waals surface area contributed by atoms with Crippen LogP contribution in [0.1, 0.15) is 33.3 Å². The average Bonchev–Trinajstić information content (AvgIpc) is 2.82. The Labute approximate surface area is 159 Å². The average molecular weight is 371 g/mol. The Hall–Kier alpha value is -1.96. The van der Waals surface area contributed by atoms with E-state index in [-0.39, 0.29) is 23.6 Å². The van der Waals surface area contributed by atoms with Crippen molar-refractivity contribution in [2.45, 2.75) is 45.5 Å². The van der Waals surface area contributed by atoms with Gasteiger partial charge in [-0.05, 0) is 44.8 Å². The molecular weight excluding hydrogens is 349 g/mol. The molecule has 0 unspecified atom stereocenters. The van der Waals surface area contributed by atoms with E-state index in [2.05, 4.69) is 4.98 Å². The maximum absolute atomic E-state index is 6.05. The highest BCUT2D eigenvalue weighted by molar-refractivity contribution is 7.79. The summed E-state index contributed by atoms with van der Waals surface area (Å²) in [6.45, 7) is 8.47. The van der Waals surface area contributed by atoms with Gasteiger partial charge in [0, 0.05) is 24.5 Å². The summed E-state index contributed by atoms with van der Waals surface area (Å²) in [4.78, 5) is 4.04. The summed E-state index contributed by atoms with van der Waals surface area (Å²) in [5.41, 5.74) is 1.24. The summed E-state index contributed by atoms with van der Waals surface area (Å²) in [5.74, 6) is 0.411. The molecule has 0 atom stereocenters. The smallest absolute Gasteiger partial charge is 0.452 e. The van der Waals surface area contributed by atoms with Gasteiger partial charge in [0.1, 0.15) is 6.61 Å². The van der Waals surface area contributed by atoms with Gasteiger partial charge in [-0.3, -0.25) is 0 Å². The van der Waals surface area contributed by atoms with E-state index >= 15 is 0 Å². The van der Waals surface area contributed by atoms with E-state index in [1.54, 1.807) is 18.3 Å². The number of hydrogen-bond donors (Lipinski definition) is 0. The number of rotatable bonds is 4. The van der Waals surface area contributed by atoms with E-state index in [1.807, 2.05) is 58.0 Å². The third-order valence-corrected chi connectivity index (χ3v) is 4.89. The Balaban J connectivity index is 1.54. The van der Waals surface area contributed by atoms with Crippen molar-refractivity contribution in [1.82, 2.24) is 4.98 Å². The molecule has 1 aromatic carbocycles. The lowest BCUT2D eigenvalue weighted by atomic mass is 9.79. The number of thiocarbonyl (C=S) groups is 1. The highest BCUT2D eigenvalue weighted by Crippen LogP contribution is 2.36. The second kappa shape index (κ2) is 7.35. The molecule has 0 saturated carbocycles. The van der Waals surface area contributed by atoms with Gasteiger partial charge in [0.25, 0.3) is 0 Å². The summed E-state index contributed by atoms with van der Waals surface area (Å²) < 4.78 is 22.9. The lowest BCUT2D eigenvalue weighted by Crippen LogP contribution is -2.41. The molecule has 0 N–H and O–H groups in total. The monoisotopic (exact) mass is 371 g/mol. The zero-order valence-electron chi connectivity index (χ0n) is 15.4. The Kier molecular flexibility index (Phi) is 5.32. The van der Waals surface area contributed by atoms with Crippen molar-refractivity contribution < 1.29 is 18.8 Å². The molecule has 1 fully saturated rings. The molecule has 5 nitrogen and oxygen atoms in total. The van der Waals surface area contributed by atoms with Crippen LogP contribution in [0.4, 0.5) is 0 Å². The number of benzene rings is 1. The first-order valence-corrected chi connectivity index (χ1v) is 8.88. The minimum atomic E-state index is -0.372. The Morgan fingerprint density at radius 2 is 1.69 bits per heavy atom. The van der Waals surface area contributed by atoms with Crippen molar-refractivity contribution in [3.63, 3.8) is 0 Å². The molecule has 0 radical (unpaired) electrons. The third kappa shape index (κ3) is 4.23. The van der Waals surface area contributed by atoms with Gasteiger partial charge in [-0.25, -0.2) is 4.98 Å². The molecule has 136 valence electrons. The van der Waals surface area contributed by atoms with E-state index in [9.17, 15) is 0 Å². The molecule has 1 aromatic heterocycles. The predicted molar refractivity (Wildman–Crippen MR) is 104 cm³/mol. The second-order valence-corrected chi connectivity index (χ2v) is 7.47. The van der Waals surface area contributed by atoms with Crippen molar-refractivity contribution in [3.05, 3.63) is 54.2 Å². The number of aromatic nitrogens is 1. The molecular formula is C19H22BNO4S. The summed E-state index contributed by atoms with van der Waals surface area (Å²) in [7, 11) is -0.372. The van der Waals surface area contributed by atoms with Gasteiger partial charge in [0.05, 0.1) is 11.2 Å². The summed E-state index contributed by atoms with van der Waals surface area (Å²) >= 11 is 5.07. The van der Waals surface area contributed by atoms with Crippen molar-refractivity contribution in [2.75, 3.05) is 0 Å². The number of ether oxygens (including phenoxy) is 2. The molecule has 0 bridgehead atoms. The molecule has 3 rings (SSSR count). The van der Waals surface area contributed by atoms with E-state index < -0.39 is 0 Å². The van der Waals surface area contributed by atoms with Crippen LogP contribution in [0.2, 0.25) is 0 Å². The molecule has 26 heavy (non-hydrogen) atoms. The highest BCUT2D eigenvalue weighted by Gasteiger charge is 2.51. The molecule has 1 aliphatic heterocycles. The van der Waals surface area contributed by atoms with Crippen LogP contribution in [-0.2, 0) is 20.7 Å². The van der Waals surface area contributed by atoms with Crippen LogP contribution in [0.5, 0.6) is 5.88 Å². The van der Waals surface area contributed by atoms with Crippen LogP contribution >= 0.6 is 12.2 Å². The Bertz CT molecular complexity index is 749. The zero-order chi connectivity index (χ0) is 18.8. The quantitative estimate of drug-likeness (QED) is 0.608. The summed E-state index contributed by atoms with van der Waals surface area (Å²) in [5, 5.41) is 0.0405. The minimum absolute atomic E-state index is 0.0405. The molecule has 2 heterocycles. The zero-order valence-corrected chi connectivity index (χ0v) is 16.2. The van der Waals surface area contributed by atoms with Crippen LogP contribution < -0.4 is 10.2 Å². The molecule has 7 heteroatoms. The van der Waals surface area contributed by atoms with Crippen LogP contribution in [0.25, 0.3) is 0 Å². The third-order valence-electron chi connectivity index (χ3n) is 4.69. The van der Waals surface area contributed by atoms with Gasteiger partial charge < -0.3 is 18.8 Å². The van der Waals surface area contributed by atoms with Crippen LogP contribution in [0.15, 0.2) is 48.7 Å². The lowest BCUT2D eigenvalue weighted by Gasteiger charge is -2.32. The summed E-state index contributed by atoms with van der Waals surface area (Å²) in [6.07, 6.45) is 1.63. The number of nitrogens with zero attached hydrogens (tertiary/aromatic N) is 1. The summed E-state index contributed by atoms with van der Waals surface area (Å²) in [6, 6.07) is 13.2. The molecule has 1 aliphatic rings. The second-order valence-electron chi connectivity index (χ2n) is 7.14.